The molecule has 0 aromatic heterocycles. The van der Waals surface area contributed by atoms with Crippen molar-refractivity contribution in [2.75, 3.05) is 6.54 Å². The maximum absolute atomic E-state index is 4.12. The van der Waals surface area contributed by atoms with Crippen molar-refractivity contribution < 1.29 is 0 Å². The van der Waals surface area contributed by atoms with Crippen LogP contribution in [0.2, 0.25) is 0 Å². The fourth-order valence-corrected chi connectivity index (χ4v) is 0.702. The number of aliphatic imine (C=N–C) groups is 1. The molecule has 0 atom stereocenters. The number of unbranched alkanes of at least 4 members (excludes halogenated alkanes) is 1. The van der Waals surface area contributed by atoms with Gasteiger partial charge in [-0.3, -0.25) is 4.99 Å². The lowest BCUT2D eigenvalue weighted by Gasteiger charge is -1.97. The number of allylic oxidation sites excluding steroid dienone is 1. The maximum atomic E-state index is 4.12. The molecule has 0 aliphatic carbocycles. The van der Waals surface area contributed by atoms with Gasteiger partial charge in [0.1, 0.15) is 0 Å². The third-order valence-electron chi connectivity index (χ3n) is 1.39. The molecule has 0 spiro atoms. The van der Waals surface area contributed by atoms with E-state index < -0.39 is 0 Å². The van der Waals surface area contributed by atoms with E-state index in [1.54, 1.807) is 12.4 Å². The van der Waals surface area contributed by atoms with E-state index >= 15 is 0 Å². The van der Waals surface area contributed by atoms with E-state index in [1.165, 1.54) is 6.42 Å². The van der Waals surface area contributed by atoms with Crippen LogP contribution in [0.1, 0.15) is 33.6 Å². The Morgan fingerprint density at radius 1 is 1.46 bits per heavy atom. The highest BCUT2D eigenvalue weighted by atomic mass is 15.3. The van der Waals surface area contributed by atoms with Gasteiger partial charge < -0.3 is 5.43 Å². The molecule has 0 fully saturated rings. The molecule has 13 heavy (non-hydrogen) atoms. The minimum Gasteiger partial charge on any atom is -0.310 e. The minimum absolute atomic E-state index is 0.897. The minimum atomic E-state index is 0.897. The number of nitrogens with one attached hydrogen (secondary N) is 1. The van der Waals surface area contributed by atoms with Crippen LogP contribution in [0.15, 0.2) is 22.4 Å². The second-order valence-corrected chi connectivity index (χ2v) is 2.78. The summed E-state index contributed by atoms with van der Waals surface area (Å²) >= 11 is 0. The van der Waals surface area contributed by atoms with Gasteiger partial charge in [-0.25, -0.2) is 0 Å². The summed E-state index contributed by atoms with van der Waals surface area (Å²) in [5.41, 5.74) is 3.88. The first-order valence-corrected chi connectivity index (χ1v) is 4.72. The highest BCUT2D eigenvalue weighted by molar-refractivity contribution is 6.29. The van der Waals surface area contributed by atoms with Crippen LogP contribution >= 0.6 is 0 Å². The molecule has 0 bridgehead atoms. The molecule has 0 aliphatic heterocycles. The second kappa shape index (κ2) is 8.97. The normalized spacial score (nSPS) is 13.0. The molecular weight excluding hydrogens is 162 g/mol. The van der Waals surface area contributed by atoms with E-state index in [0.717, 1.165) is 18.7 Å². The Morgan fingerprint density at radius 2 is 2.23 bits per heavy atom. The van der Waals surface area contributed by atoms with Crippen molar-refractivity contribution >= 4 is 11.9 Å². The third-order valence-corrected chi connectivity index (χ3v) is 1.39. The number of nitrogens with zero attached hydrogens (tertiary/aromatic N) is 2. The van der Waals surface area contributed by atoms with E-state index in [2.05, 4.69) is 22.4 Å². The topological polar surface area (TPSA) is 36.8 Å². The number of hydrogen-bond donors (Lipinski definition) is 1. The Bertz CT molecular complexity index is 192. The summed E-state index contributed by atoms with van der Waals surface area (Å²) < 4.78 is 0. The van der Waals surface area contributed by atoms with Crippen LogP contribution < -0.4 is 5.43 Å². The molecule has 3 nitrogen and oxygen atoms in total. The van der Waals surface area contributed by atoms with Crippen molar-refractivity contribution in [2.24, 2.45) is 10.1 Å². The quantitative estimate of drug-likeness (QED) is 0.381. The summed E-state index contributed by atoms with van der Waals surface area (Å²) in [6, 6.07) is 0. The van der Waals surface area contributed by atoms with E-state index in [9.17, 15) is 0 Å². The standard InChI is InChI=1S/C10H19N3/c1-4-6-8-12-13-10(3)9-11-7-5-2/h5,7,9,12H,4,6,8H2,1-3H3/b7-5-,11-9-,13-10-. The van der Waals surface area contributed by atoms with Crippen molar-refractivity contribution in [1.29, 1.82) is 0 Å². The number of hydrogen-bond acceptors (Lipinski definition) is 3. The summed E-state index contributed by atoms with van der Waals surface area (Å²) in [6.45, 7) is 6.95. The molecule has 0 radical (unpaired) electrons. The van der Waals surface area contributed by atoms with Gasteiger partial charge >= 0.3 is 0 Å². The summed E-state index contributed by atoms with van der Waals surface area (Å²) in [5, 5.41) is 4.12. The van der Waals surface area contributed by atoms with Crippen molar-refractivity contribution in [3.8, 4) is 0 Å². The van der Waals surface area contributed by atoms with E-state index in [1.807, 2.05) is 19.9 Å². The Hall–Kier alpha value is -1.12. The molecule has 3 heteroatoms. The molecule has 0 aromatic carbocycles. The van der Waals surface area contributed by atoms with Gasteiger partial charge in [0.25, 0.3) is 0 Å². The SMILES string of the molecule is C\C=C/N=C\C(C)=N/NCCCC. The predicted octanol–water partition coefficient (Wildman–Crippen LogP) is 2.36. The lowest BCUT2D eigenvalue weighted by Crippen LogP contribution is -2.10. The van der Waals surface area contributed by atoms with Crippen LogP contribution in [0.3, 0.4) is 0 Å². The van der Waals surface area contributed by atoms with Gasteiger partial charge in [0.15, 0.2) is 0 Å². The molecule has 0 amide bonds. The monoisotopic (exact) mass is 181 g/mol. The molecule has 0 saturated carbocycles. The van der Waals surface area contributed by atoms with Gasteiger partial charge in [0.2, 0.25) is 0 Å². The van der Waals surface area contributed by atoms with E-state index in [4.69, 9.17) is 0 Å². The van der Waals surface area contributed by atoms with Gasteiger partial charge in [-0.1, -0.05) is 19.4 Å². The van der Waals surface area contributed by atoms with Gasteiger partial charge in [-0.05, 0) is 20.3 Å². The summed E-state index contributed by atoms with van der Waals surface area (Å²) in [6.07, 6.45) is 7.70. The van der Waals surface area contributed by atoms with Crippen LogP contribution in [0.5, 0.6) is 0 Å². The Morgan fingerprint density at radius 3 is 2.85 bits per heavy atom. The average Bonchev–Trinajstić information content (AvgIpc) is 2.13. The maximum Gasteiger partial charge on any atom is 0.0754 e. The van der Waals surface area contributed by atoms with Crippen LogP contribution in [0, 0.1) is 0 Å². The van der Waals surface area contributed by atoms with Crippen molar-refractivity contribution in [3.63, 3.8) is 0 Å². The molecule has 74 valence electrons. The fourth-order valence-electron chi connectivity index (χ4n) is 0.702. The number of rotatable bonds is 6. The molecule has 0 heterocycles. The molecule has 0 unspecified atom stereocenters. The number of hydrazone groups is 1. The summed E-state index contributed by atoms with van der Waals surface area (Å²) in [7, 11) is 0. The zero-order chi connectivity index (χ0) is 9.94. The van der Waals surface area contributed by atoms with Crippen LogP contribution in [0.25, 0.3) is 0 Å². The molecule has 0 aliphatic rings. The first-order valence-electron chi connectivity index (χ1n) is 4.72. The van der Waals surface area contributed by atoms with Crippen molar-refractivity contribution in [1.82, 2.24) is 5.43 Å². The van der Waals surface area contributed by atoms with Gasteiger partial charge in [-0.15, -0.1) is 0 Å². The average molecular weight is 181 g/mol. The molecular formula is C10H19N3. The fraction of sp³-hybridized carbons (Fsp3) is 0.600. The summed E-state index contributed by atoms with van der Waals surface area (Å²) in [4.78, 5) is 4.01. The Kier molecular flexibility index (Phi) is 8.20. The third kappa shape index (κ3) is 8.79. The van der Waals surface area contributed by atoms with Crippen molar-refractivity contribution in [3.05, 3.63) is 12.3 Å². The lowest BCUT2D eigenvalue weighted by molar-refractivity contribution is 0.672. The van der Waals surface area contributed by atoms with Crippen LogP contribution in [-0.2, 0) is 0 Å². The highest BCUT2D eigenvalue weighted by Gasteiger charge is 1.83. The first-order chi connectivity index (χ1) is 6.31. The second-order valence-electron chi connectivity index (χ2n) is 2.78. The van der Waals surface area contributed by atoms with Gasteiger partial charge in [-0.2, -0.15) is 5.10 Å². The van der Waals surface area contributed by atoms with E-state index in [-0.39, 0.29) is 0 Å². The van der Waals surface area contributed by atoms with Gasteiger partial charge in [0.05, 0.1) is 5.71 Å². The predicted molar refractivity (Wildman–Crippen MR) is 59.3 cm³/mol. The first kappa shape index (κ1) is 11.9. The van der Waals surface area contributed by atoms with Crippen LogP contribution in [0.4, 0.5) is 0 Å². The largest absolute Gasteiger partial charge is 0.310 e. The lowest BCUT2D eigenvalue weighted by atomic mass is 10.3. The zero-order valence-electron chi connectivity index (χ0n) is 8.75. The van der Waals surface area contributed by atoms with Crippen molar-refractivity contribution in [2.45, 2.75) is 33.6 Å². The summed E-state index contributed by atoms with van der Waals surface area (Å²) in [5.74, 6) is 0. The zero-order valence-corrected chi connectivity index (χ0v) is 8.75. The van der Waals surface area contributed by atoms with Gasteiger partial charge in [0, 0.05) is 19.0 Å². The van der Waals surface area contributed by atoms with Crippen LogP contribution in [-0.4, -0.2) is 18.5 Å². The smallest absolute Gasteiger partial charge is 0.0754 e. The molecule has 1 N–H and O–H groups in total. The molecule has 0 saturated heterocycles. The highest BCUT2D eigenvalue weighted by Crippen LogP contribution is 1.82. The molecule has 0 rings (SSSR count). The van der Waals surface area contributed by atoms with E-state index in [0.29, 0.717) is 0 Å². The Labute approximate surface area is 80.6 Å². The molecule has 0 aromatic rings. The Balaban J connectivity index is 3.62.